The molecular formula is C26H22F2N4O3. The summed E-state index contributed by atoms with van der Waals surface area (Å²) in [6.07, 6.45) is 2.31. The van der Waals surface area contributed by atoms with Gasteiger partial charge in [0.05, 0.1) is 17.5 Å². The van der Waals surface area contributed by atoms with Crippen LogP contribution in [-0.2, 0) is 5.60 Å². The fraction of sp³-hybridized carbons (Fsp3) is 0.192. The Morgan fingerprint density at radius 3 is 2.49 bits per heavy atom. The summed E-state index contributed by atoms with van der Waals surface area (Å²) < 4.78 is 32.8. The molecule has 2 N–H and O–H groups in total. The smallest absolute Gasteiger partial charge is 0.311 e. The summed E-state index contributed by atoms with van der Waals surface area (Å²) in [4.78, 5) is 22.9. The Balaban J connectivity index is 1.22. The minimum atomic E-state index is -1.09. The standard InChI is InChI=1S/C26H22F2N4O3/c27-19-8-4-7-18(15-19)26(34)11-13-32(14-12-26)21-10-9-20(16-29-21)30-24(33)22-23(28)35-25(31-22)17-5-2-1-3-6-17/h1-10,15-16,34H,11-14H2,(H,30,33). The number of carbonyl (C=O) groups excluding carboxylic acids is 1. The third-order valence-corrected chi connectivity index (χ3v) is 6.10. The predicted molar refractivity (Wildman–Crippen MR) is 126 cm³/mol. The number of pyridine rings is 1. The van der Waals surface area contributed by atoms with Crippen LogP contribution in [0.2, 0.25) is 0 Å². The van der Waals surface area contributed by atoms with Crippen molar-refractivity contribution in [3.05, 3.63) is 96.0 Å². The number of anilines is 2. The molecule has 0 atom stereocenters. The van der Waals surface area contributed by atoms with Gasteiger partial charge in [0.1, 0.15) is 11.6 Å². The van der Waals surface area contributed by atoms with Gasteiger partial charge in [-0.05, 0) is 54.8 Å². The van der Waals surface area contributed by atoms with E-state index in [-0.39, 0.29) is 11.7 Å². The predicted octanol–water partition coefficient (Wildman–Crippen LogP) is 4.76. The van der Waals surface area contributed by atoms with Crippen LogP contribution >= 0.6 is 0 Å². The maximum absolute atomic E-state index is 14.2. The highest BCUT2D eigenvalue weighted by Gasteiger charge is 2.34. The highest BCUT2D eigenvalue weighted by Crippen LogP contribution is 2.34. The second-order valence-corrected chi connectivity index (χ2v) is 8.40. The van der Waals surface area contributed by atoms with Crippen molar-refractivity contribution in [3.63, 3.8) is 0 Å². The number of carbonyl (C=O) groups is 1. The van der Waals surface area contributed by atoms with Crippen LogP contribution in [0.5, 0.6) is 0 Å². The van der Waals surface area contributed by atoms with E-state index in [0.29, 0.717) is 48.6 Å². The number of benzene rings is 2. The van der Waals surface area contributed by atoms with E-state index < -0.39 is 23.2 Å². The molecule has 1 fully saturated rings. The van der Waals surface area contributed by atoms with E-state index >= 15 is 0 Å². The van der Waals surface area contributed by atoms with Gasteiger partial charge in [0.25, 0.3) is 5.91 Å². The van der Waals surface area contributed by atoms with E-state index in [2.05, 4.69) is 15.3 Å². The molecule has 0 unspecified atom stereocenters. The van der Waals surface area contributed by atoms with Crippen LogP contribution in [0.4, 0.5) is 20.3 Å². The van der Waals surface area contributed by atoms with E-state index in [1.807, 2.05) is 11.0 Å². The first-order valence-electron chi connectivity index (χ1n) is 11.1. The molecule has 0 spiro atoms. The zero-order valence-corrected chi connectivity index (χ0v) is 18.6. The lowest BCUT2D eigenvalue weighted by Crippen LogP contribution is -2.43. The number of hydrogen-bond donors (Lipinski definition) is 2. The van der Waals surface area contributed by atoms with Crippen LogP contribution in [0.1, 0.15) is 28.9 Å². The second kappa shape index (κ2) is 9.27. The first-order chi connectivity index (χ1) is 16.9. The SMILES string of the molecule is O=C(Nc1ccc(N2CCC(O)(c3cccc(F)c3)CC2)nc1)c1nc(-c2ccccc2)oc1F. The lowest BCUT2D eigenvalue weighted by atomic mass is 9.84. The molecule has 0 radical (unpaired) electrons. The minimum absolute atomic E-state index is 0.0185. The summed E-state index contributed by atoms with van der Waals surface area (Å²) in [6, 6.07) is 17.1. The van der Waals surface area contributed by atoms with Gasteiger partial charge in [0.15, 0.2) is 0 Å². The molecule has 1 aliphatic rings. The Morgan fingerprint density at radius 2 is 1.80 bits per heavy atom. The maximum Gasteiger partial charge on any atom is 0.311 e. The van der Waals surface area contributed by atoms with E-state index in [9.17, 15) is 18.7 Å². The third kappa shape index (κ3) is 4.76. The van der Waals surface area contributed by atoms with Crippen LogP contribution < -0.4 is 10.2 Å². The normalized spacial score (nSPS) is 15.1. The van der Waals surface area contributed by atoms with Crippen molar-refractivity contribution in [1.82, 2.24) is 9.97 Å². The van der Waals surface area contributed by atoms with Crippen molar-refractivity contribution in [3.8, 4) is 11.5 Å². The van der Waals surface area contributed by atoms with Gasteiger partial charge < -0.3 is 19.7 Å². The lowest BCUT2D eigenvalue weighted by Gasteiger charge is -2.39. The van der Waals surface area contributed by atoms with Gasteiger partial charge in [0, 0.05) is 18.7 Å². The van der Waals surface area contributed by atoms with E-state index in [0.717, 1.165) is 0 Å². The molecule has 9 heteroatoms. The van der Waals surface area contributed by atoms with Crippen molar-refractivity contribution in [2.24, 2.45) is 0 Å². The molecule has 2 aromatic heterocycles. The zero-order valence-electron chi connectivity index (χ0n) is 18.6. The largest absolute Gasteiger partial charge is 0.410 e. The average Bonchev–Trinajstić information content (AvgIpc) is 3.27. The third-order valence-electron chi connectivity index (χ3n) is 6.10. The average molecular weight is 476 g/mol. The van der Waals surface area contributed by atoms with E-state index in [1.54, 1.807) is 48.5 Å². The number of hydrogen-bond acceptors (Lipinski definition) is 6. The summed E-state index contributed by atoms with van der Waals surface area (Å²) in [6.45, 7) is 1.05. The number of nitrogens with zero attached hydrogens (tertiary/aromatic N) is 3. The van der Waals surface area contributed by atoms with Crippen molar-refractivity contribution < 1.29 is 23.1 Å². The molecule has 1 saturated heterocycles. The Morgan fingerprint density at radius 1 is 1.03 bits per heavy atom. The van der Waals surface area contributed by atoms with Crippen LogP contribution in [0.25, 0.3) is 11.5 Å². The molecule has 4 aromatic rings. The molecule has 35 heavy (non-hydrogen) atoms. The number of rotatable bonds is 5. The van der Waals surface area contributed by atoms with Crippen LogP contribution in [0.15, 0.2) is 77.3 Å². The zero-order chi connectivity index (χ0) is 24.4. The number of nitrogens with one attached hydrogen (secondary N) is 1. The lowest BCUT2D eigenvalue weighted by molar-refractivity contribution is 0.0114. The fourth-order valence-corrected chi connectivity index (χ4v) is 4.16. The van der Waals surface area contributed by atoms with Gasteiger partial charge >= 0.3 is 6.01 Å². The number of halogens is 2. The van der Waals surface area contributed by atoms with Crippen molar-refractivity contribution in [2.75, 3.05) is 23.3 Å². The Bertz CT molecular complexity index is 1330. The summed E-state index contributed by atoms with van der Waals surface area (Å²) in [5, 5.41) is 13.6. The van der Waals surface area contributed by atoms with Crippen LogP contribution in [-0.4, -0.2) is 34.1 Å². The molecule has 7 nitrogen and oxygen atoms in total. The molecule has 0 bridgehead atoms. The summed E-state index contributed by atoms with van der Waals surface area (Å²) in [5.41, 5.74) is -0.0375. The maximum atomic E-state index is 14.2. The molecule has 3 heterocycles. The monoisotopic (exact) mass is 476 g/mol. The molecule has 0 aliphatic carbocycles. The molecule has 178 valence electrons. The Hall–Kier alpha value is -4.11. The topological polar surface area (TPSA) is 91.5 Å². The molecule has 0 saturated carbocycles. The van der Waals surface area contributed by atoms with Gasteiger partial charge in [-0.15, -0.1) is 0 Å². The van der Waals surface area contributed by atoms with Crippen molar-refractivity contribution in [1.29, 1.82) is 0 Å². The summed E-state index contributed by atoms with van der Waals surface area (Å²) in [5.74, 6) is -0.436. The Labute approximate surface area is 200 Å². The molecule has 1 amide bonds. The highest BCUT2D eigenvalue weighted by molar-refractivity contribution is 6.03. The quantitative estimate of drug-likeness (QED) is 0.432. The summed E-state index contributed by atoms with van der Waals surface area (Å²) in [7, 11) is 0. The van der Waals surface area contributed by atoms with Gasteiger partial charge in [-0.25, -0.2) is 14.4 Å². The van der Waals surface area contributed by atoms with Gasteiger partial charge in [-0.1, -0.05) is 30.3 Å². The van der Waals surface area contributed by atoms with Gasteiger partial charge in [-0.2, -0.15) is 4.39 Å². The number of oxazole rings is 1. The van der Waals surface area contributed by atoms with Crippen LogP contribution in [0.3, 0.4) is 0 Å². The highest BCUT2D eigenvalue weighted by atomic mass is 19.1. The Kier molecular flexibility index (Phi) is 6.00. The first-order valence-corrected chi connectivity index (χ1v) is 11.1. The van der Waals surface area contributed by atoms with Crippen LogP contribution in [0, 0.1) is 11.8 Å². The van der Waals surface area contributed by atoms with Crippen molar-refractivity contribution >= 4 is 17.4 Å². The van der Waals surface area contributed by atoms with E-state index in [1.165, 1.54) is 18.3 Å². The van der Waals surface area contributed by atoms with Gasteiger partial charge in [0.2, 0.25) is 11.6 Å². The molecule has 1 aliphatic heterocycles. The second-order valence-electron chi connectivity index (χ2n) is 8.40. The van der Waals surface area contributed by atoms with E-state index in [4.69, 9.17) is 4.42 Å². The number of piperidine rings is 1. The summed E-state index contributed by atoms with van der Waals surface area (Å²) >= 11 is 0. The number of amides is 1. The molecule has 5 rings (SSSR count). The number of aliphatic hydroxyl groups is 1. The minimum Gasteiger partial charge on any atom is -0.410 e. The molecule has 2 aromatic carbocycles. The fourth-order valence-electron chi connectivity index (χ4n) is 4.16. The first kappa shape index (κ1) is 22.7. The van der Waals surface area contributed by atoms with Gasteiger partial charge in [-0.3, -0.25) is 4.79 Å². The molecular weight excluding hydrogens is 454 g/mol. The number of aromatic nitrogens is 2. The van der Waals surface area contributed by atoms with Crippen molar-refractivity contribution in [2.45, 2.75) is 18.4 Å².